The summed E-state index contributed by atoms with van der Waals surface area (Å²) in [6.45, 7) is 10.2. The topological polar surface area (TPSA) is 23.5 Å². The van der Waals surface area contributed by atoms with Crippen molar-refractivity contribution in [3.8, 4) is 0 Å². The molecule has 1 aliphatic rings. The zero-order valence-electron chi connectivity index (χ0n) is 11.3. The standard InChI is InChI=1S/C15H23NO/c1-5-16-10-12(9-15(3,4)17)13-8-11(2)6-7-14(13)16/h6-8,12,17H,5,9-10H2,1-4H3. The van der Waals surface area contributed by atoms with Gasteiger partial charge in [0.15, 0.2) is 0 Å². The van der Waals surface area contributed by atoms with E-state index in [0.717, 1.165) is 19.5 Å². The zero-order valence-corrected chi connectivity index (χ0v) is 11.3. The van der Waals surface area contributed by atoms with Crippen molar-refractivity contribution >= 4 is 5.69 Å². The van der Waals surface area contributed by atoms with Crippen LogP contribution in [0.1, 0.15) is 44.2 Å². The smallest absolute Gasteiger partial charge is 0.0598 e. The largest absolute Gasteiger partial charge is 0.390 e. The molecule has 2 nitrogen and oxygen atoms in total. The molecule has 1 atom stereocenters. The van der Waals surface area contributed by atoms with E-state index in [2.05, 4.69) is 36.9 Å². The molecule has 2 rings (SSSR count). The number of likely N-dealkylation sites (N-methyl/N-ethyl adjacent to an activating group) is 1. The van der Waals surface area contributed by atoms with Crippen molar-refractivity contribution in [2.45, 2.75) is 45.6 Å². The number of fused-ring (bicyclic) bond motifs is 1. The molecule has 1 aromatic carbocycles. The van der Waals surface area contributed by atoms with E-state index >= 15 is 0 Å². The van der Waals surface area contributed by atoms with Crippen molar-refractivity contribution in [2.24, 2.45) is 0 Å². The van der Waals surface area contributed by atoms with Gasteiger partial charge in [0.25, 0.3) is 0 Å². The molecular weight excluding hydrogens is 210 g/mol. The van der Waals surface area contributed by atoms with Crippen molar-refractivity contribution in [1.29, 1.82) is 0 Å². The van der Waals surface area contributed by atoms with Gasteiger partial charge in [0.2, 0.25) is 0 Å². The summed E-state index contributed by atoms with van der Waals surface area (Å²) < 4.78 is 0. The van der Waals surface area contributed by atoms with Gasteiger partial charge in [0.1, 0.15) is 0 Å². The predicted molar refractivity (Wildman–Crippen MR) is 72.7 cm³/mol. The van der Waals surface area contributed by atoms with Gasteiger partial charge in [-0.15, -0.1) is 0 Å². The van der Waals surface area contributed by atoms with Crippen molar-refractivity contribution in [1.82, 2.24) is 0 Å². The Labute approximate surface area is 104 Å². The number of aryl methyl sites for hydroxylation is 1. The lowest BCUT2D eigenvalue weighted by Gasteiger charge is -2.23. The van der Waals surface area contributed by atoms with Gasteiger partial charge in [0.05, 0.1) is 5.60 Å². The van der Waals surface area contributed by atoms with E-state index in [-0.39, 0.29) is 0 Å². The number of benzene rings is 1. The summed E-state index contributed by atoms with van der Waals surface area (Å²) in [5.41, 5.74) is 3.49. The molecule has 0 radical (unpaired) electrons. The van der Waals surface area contributed by atoms with Crippen LogP contribution in [0.5, 0.6) is 0 Å². The van der Waals surface area contributed by atoms with E-state index in [1.54, 1.807) is 0 Å². The maximum absolute atomic E-state index is 10.0. The number of nitrogens with zero attached hydrogens (tertiary/aromatic N) is 1. The Morgan fingerprint density at radius 2 is 2.12 bits per heavy atom. The molecule has 1 unspecified atom stereocenters. The molecule has 0 spiro atoms. The van der Waals surface area contributed by atoms with Crippen LogP contribution in [0.15, 0.2) is 18.2 Å². The molecular formula is C15H23NO. The minimum absolute atomic E-state index is 0.463. The summed E-state index contributed by atoms with van der Waals surface area (Å²) in [7, 11) is 0. The molecule has 0 bridgehead atoms. The first kappa shape index (κ1) is 12.4. The van der Waals surface area contributed by atoms with E-state index in [4.69, 9.17) is 0 Å². The highest BCUT2D eigenvalue weighted by Gasteiger charge is 2.31. The van der Waals surface area contributed by atoms with Crippen LogP contribution in [0.4, 0.5) is 5.69 Å². The number of hydrogen-bond acceptors (Lipinski definition) is 2. The van der Waals surface area contributed by atoms with E-state index in [9.17, 15) is 5.11 Å². The Bertz CT molecular complexity index is 406. The summed E-state index contributed by atoms with van der Waals surface area (Å²) >= 11 is 0. The molecule has 0 aliphatic carbocycles. The second kappa shape index (κ2) is 4.34. The fraction of sp³-hybridized carbons (Fsp3) is 0.600. The lowest BCUT2D eigenvalue weighted by Crippen LogP contribution is -2.26. The summed E-state index contributed by atoms with van der Waals surface area (Å²) in [4.78, 5) is 2.41. The highest BCUT2D eigenvalue weighted by molar-refractivity contribution is 5.61. The molecule has 0 saturated carbocycles. The Balaban J connectivity index is 2.32. The van der Waals surface area contributed by atoms with Crippen LogP contribution in [-0.4, -0.2) is 23.8 Å². The van der Waals surface area contributed by atoms with Crippen LogP contribution < -0.4 is 4.90 Å². The second-order valence-electron chi connectivity index (χ2n) is 5.81. The Kier molecular flexibility index (Phi) is 3.17. The van der Waals surface area contributed by atoms with E-state index < -0.39 is 5.60 Å². The fourth-order valence-electron chi connectivity index (χ4n) is 2.83. The number of rotatable bonds is 3. The Morgan fingerprint density at radius 1 is 1.41 bits per heavy atom. The lowest BCUT2D eigenvalue weighted by molar-refractivity contribution is 0.0644. The molecule has 1 heterocycles. The Morgan fingerprint density at radius 3 is 2.71 bits per heavy atom. The van der Waals surface area contributed by atoms with Gasteiger partial charge >= 0.3 is 0 Å². The maximum atomic E-state index is 10.0. The molecule has 17 heavy (non-hydrogen) atoms. The molecule has 0 fully saturated rings. The van der Waals surface area contributed by atoms with Gasteiger partial charge in [-0.2, -0.15) is 0 Å². The second-order valence-corrected chi connectivity index (χ2v) is 5.81. The number of hydrogen-bond donors (Lipinski definition) is 1. The van der Waals surface area contributed by atoms with Crippen LogP contribution in [0, 0.1) is 6.92 Å². The van der Waals surface area contributed by atoms with Gasteiger partial charge in [0, 0.05) is 24.7 Å². The third-order valence-corrected chi connectivity index (χ3v) is 3.53. The molecule has 2 heteroatoms. The van der Waals surface area contributed by atoms with Gasteiger partial charge in [-0.25, -0.2) is 0 Å². The van der Waals surface area contributed by atoms with Crippen molar-refractivity contribution in [3.63, 3.8) is 0 Å². The molecule has 0 aromatic heterocycles. The molecule has 1 N–H and O–H groups in total. The van der Waals surface area contributed by atoms with E-state index in [1.165, 1.54) is 16.8 Å². The van der Waals surface area contributed by atoms with Crippen LogP contribution >= 0.6 is 0 Å². The summed E-state index contributed by atoms with van der Waals surface area (Å²) in [5.74, 6) is 0.463. The van der Waals surface area contributed by atoms with Gasteiger partial charge in [-0.3, -0.25) is 0 Å². The third-order valence-electron chi connectivity index (χ3n) is 3.53. The first-order chi connectivity index (χ1) is 7.90. The fourth-order valence-corrected chi connectivity index (χ4v) is 2.83. The molecule has 0 amide bonds. The van der Waals surface area contributed by atoms with Crippen LogP contribution in [-0.2, 0) is 0 Å². The summed E-state index contributed by atoms with van der Waals surface area (Å²) in [5, 5.41) is 10.0. The molecule has 1 aromatic rings. The van der Waals surface area contributed by atoms with Crippen LogP contribution in [0.2, 0.25) is 0 Å². The summed E-state index contributed by atoms with van der Waals surface area (Å²) in [6.07, 6.45) is 0.833. The van der Waals surface area contributed by atoms with Crippen LogP contribution in [0.3, 0.4) is 0 Å². The maximum Gasteiger partial charge on any atom is 0.0598 e. The van der Waals surface area contributed by atoms with E-state index in [0.29, 0.717) is 5.92 Å². The average molecular weight is 233 g/mol. The minimum atomic E-state index is -0.588. The van der Waals surface area contributed by atoms with E-state index in [1.807, 2.05) is 13.8 Å². The SMILES string of the molecule is CCN1CC(CC(C)(C)O)c2cc(C)ccc21. The van der Waals surface area contributed by atoms with Gasteiger partial charge in [-0.1, -0.05) is 17.7 Å². The monoisotopic (exact) mass is 233 g/mol. The number of aliphatic hydroxyl groups is 1. The molecule has 1 aliphatic heterocycles. The average Bonchev–Trinajstić information content (AvgIpc) is 2.54. The van der Waals surface area contributed by atoms with Gasteiger partial charge < -0.3 is 10.0 Å². The quantitative estimate of drug-likeness (QED) is 0.867. The first-order valence-electron chi connectivity index (χ1n) is 6.48. The zero-order chi connectivity index (χ0) is 12.6. The van der Waals surface area contributed by atoms with Gasteiger partial charge in [-0.05, 0) is 45.7 Å². The summed E-state index contributed by atoms with van der Waals surface area (Å²) in [6, 6.07) is 6.67. The van der Waals surface area contributed by atoms with Crippen molar-refractivity contribution in [3.05, 3.63) is 29.3 Å². The first-order valence-corrected chi connectivity index (χ1v) is 6.48. The normalized spacial score (nSPS) is 19.6. The predicted octanol–water partition coefficient (Wildman–Crippen LogP) is 3.08. The Hall–Kier alpha value is -1.02. The third kappa shape index (κ3) is 2.63. The van der Waals surface area contributed by atoms with Crippen LogP contribution in [0.25, 0.3) is 0 Å². The van der Waals surface area contributed by atoms with Crippen molar-refractivity contribution < 1.29 is 5.11 Å². The number of anilines is 1. The molecule has 0 saturated heterocycles. The highest BCUT2D eigenvalue weighted by Crippen LogP contribution is 2.40. The minimum Gasteiger partial charge on any atom is -0.390 e. The highest BCUT2D eigenvalue weighted by atomic mass is 16.3. The lowest BCUT2D eigenvalue weighted by atomic mass is 9.89. The molecule has 94 valence electrons. The van der Waals surface area contributed by atoms with Crippen molar-refractivity contribution in [2.75, 3.05) is 18.0 Å².